The van der Waals surface area contributed by atoms with E-state index >= 15 is 0 Å². The number of hydrogen-bond donors (Lipinski definition) is 2. The number of nitrogens with zero attached hydrogens (tertiary/aromatic N) is 1. The Hall–Kier alpha value is -2.87. The summed E-state index contributed by atoms with van der Waals surface area (Å²) < 4.78 is 16.2. The Morgan fingerprint density at radius 3 is 1.88 bits per heavy atom. The lowest BCUT2D eigenvalue weighted by Gasteiger charge is -2.33. The zero-order chi connectivity index (χ0) is 24.1. The summed E-state index contributed by atoms with van der Waals surface area (Å²) in [5.74, 6) is 0.776. The van der Waals surface area contributed by atoms with E-state index in [1.165, 1.54) is 4.90 Å². The first-order valence-electron chi connectivity index (χ1n) is 11.1. The average molecular weight is 458 g/mol. The van der Waals surface area contributed by atoms with Gasteiger partial charge in [-0.05, 0) is 49.6 Å². The van der Waals surface area contributed by atoms with Gasteiger partial charge in [0.05, 0.1) is 33.0 Å². The summed E-state index contributed by atoms with van der Waals surface area (Å²) in [6.07, 6.45) is 3.12. The lowest BCUT2D eigenvalue weighted by molar-refractivity contribution is 0.0247. The summed E-state index contributed by atoms with van der Waals surface area (Å²) in [4.78, 5) is 13.0. The van der Waals surface area contributed by atoms with Crippen molar-refractivity contribution in [3.8, 4) is 5.75 Å². The summed E-state index contributed by atoms with van der Waals surface area (Å²) in [5, 5.41) is 18.1. The quantitative estimate of drug-likeness (QED) is 0.339. The van der Waals surface area contributed by atoms with Crippen LogP contribution in [0.5, 0.6) is 5.75 Å². The predicted octanol–water partition coefficient (Wildman–Crippen LogP) is 4.54. The molecule has 2 rings (SSSR count). The first-order valence-corrected chi connectivity index (χ1v) is 11.1. The molecule has 33 heavy (non-hydrogen) atoms. The molecule has 2 N–H and O–H groups in total. The Bertz CT molecular complexity index is 856. The number of benzene rings is 2. The van der Waals surface area contributed by atoms with Gasteiger partial charge in [0.1, 0.15) is 12.4 Å². The van der Waals surface area contributed by atoms with Crippen molar-refractivity contribution in [3.05, 3.63) is 65.2 Å². The molecule has 0 unspecified atom stereocenters. The van der Waals surface area contributed by atoms with Crippen LogP contribution in [0.25, 0.3) is 12.2 Å². The van der Waals surface area contributed by atoms with Gasteiger partial charge in [0.25, 0.3) is 0 Å². The molecule has 0 saturated carbocycles. The third-order valence-electron chi connectivity index (χ3n) is 4.81. The number of hydrogen-bond acceptors (Lipinski definition) is 5. The van der Waals surface area contributed by atoms with Gasteiger partial charge in [-0.3, -0.25) is 4.90 Å². The molecule has 0 heterocycles. The van der Waals surface area contributed by atoms with Crippen molar-refractivity contribution < 1.29 is 29.2 Å². The van der Waals surface area contributed by atoms with Crippen LogP contribution in [-0.2, 0) is 16.0 Å². The molecule has 180 valence electrons. The summed E-state index contributed by atoms with van der Waals surface area (Å²) in [6.45, 7) is 8.23. The first kappa shape index (κ1) is 26.4. The van der Waals surface area contributed by atoms with Crippen molar-refractivity contribution >= 4 is 18.2 Å². The van der Waals surface area contributed by atoms with Crippen LogP contribution in [0.3, 0.4) is 0 Å². The highest BCUT2D eigenvalue weighted by atomic mass is 16.5. The lowest BCUT2D eigenvalue weighted by atomic mass is 10.0. The summed E-state index contributed by atoms with van der Waals surface area (Å²) >= 11 is 0. The zero-order valence-corrected chi connectivity index (χ0v) is 19.7. The van der Waals surface area contributed by atoms with E-state index < -0.39 is 11.6 Å². The summed E-state index contributed by atoms with van der Waals surface area (Å²) in [6, 6.07) is 15.7. The van der Waals surface area contributed by atoms with Crippen LogP contribution in [-0.4, -0.2) is 66.4 Å². The van der Waals surface area contributed by atoms with Crippen LogP contribution >= 0.6 is 0 Å². The lowest BCUT2D eigenvalue weighted by Crippen LogP contribution is -2.44. The number of ether oxygens (including phenoxy) is 3. The Labute approximate surface area is 196 Å². The van der Waals surface area contributed by atoms with E-state index in [9.17, 15) is 9.90 Å². The van der Waals surface area contributed by atoms with Gasteiger partial charge in [-0.1, -0.05) is 48.6 Å². The predicted molar refractivity (Wildman–Crippen MR) is 129 cm³/mol. The molecule has 2 aromatic rings. The Morgan fingerprint density at radius 1 is 0.848 bits per heavy atom. The number of aliphatic hydroxyl groups excluding tert-OH is 1. The van der Waals surface area contributed by atoms with Crippen LogP contribution in [0.2, 0.25) is 0 Å². The van der Waals surface area contributed by atoms with Crippen molar-refractivity contribution in [3.63, 3.8) is 0 Å². The van der Waals surface area contributed by atoms with Gasteiger partial charge in [-0.2, -0.15) is 0 Å². The Kier molecular flexibility index (Phi) is 10.9. The standard InChI is InChI=1S/C26H35NO6/c1-26(2,3)27(25(29)30)20-23-8-6-21(7-9-23)4-5-22-10-12-24(13-11-22)33-19-18-32-17-16-31-15-14-28/h4-13,28H,14-20H2,1-3H3,(H,29,30). The van der Waals surface area contributed by atoms with E-state index in [1.807, 2.05) is 81.5 Å². The Balaban J connectivity index is 1.78. The van der Waals surface area contributed by atoms with Crippen LogP contribution in [0, 0.1) is 0 Å². The molecule has 0 radical (unpaired) electrons. The number of carbonyl (C=O) groups is 1. The van der Waals surface area contributed by atoms with Crippen molar-refractivity contribution in [2.45, 2.75) is 32.9 Å². The number of rotatable bonds is 13. The van der Waals surface area contributed by atoms with E-state index in [0.717, 1.165) is 22.4 Å². The molecule has 0 bridgehead atoms. The number of carboxylic acid groups (broad SMARTS) is 1. The molecule has 0 aliphatic rings. The van der Waals surface area contributed by atoms with Crippen LogP contribution in [0.1, 0.15) is 37.5 Å². The van der Waals surface area contributed by atoms with Gasteiger partial charge in [0.15, 0.2) is 0 Å². The highest BCUT2D eigenvalue weighted by molar-refractivity contribution is 5.70. The fourth-order valence-electron chi connectivity index (χ4n) is 2.98. The maximum Gasteiger partial charge on any atom is 0.408 e. The average Bonchev–Trinajstić information content (AvgIpc) is 2.78. The Morgan fingerprint density at radius 2 is 1.36 bits per heavy atom. The topological polar surface area (TPSA) is 88.5 Å². The highest BCUT2D eigenvalue weighted by Crippen LogP contribution is 2.19. The highest BCUT2D eigenvalue weighted by Gasteiger charge is 2.25. The van der Waals surface area contributed by atoms with Crippen molar-refractivity contribution in [2.24, 2.45) is 0 Å². The molecule has 1 amide bonds. The van der Waals surface area contributed by atoms with Gasteiger partial charge in [-0.25, -0.2) is 4.79 Å². The molecule has 0 spiro atoms. The van der Waals surface area contributed by atoms with E-state index in [4.69, 9.17) is 19.3 Å². The van der Waals surface area contributed by atoms with Crippen LogP contribution in [0.15, 0.2) is 48.5 Å². The maximum absolute atomic E-state index is 11.5. The van der Waals surface area contributed by atoms with Gasteiger partial charge in [0.2, 0.25) is 0 Å². The fraction of sp³-hybridized carbons (Fsp3) is 0.423. The SMILES string of the molecule is CC(C)(C)N(Cc1ccc(C=Cc2ccc(OCCOCCOCCO)cc2)cc1)C(=O)O. The molecule has 2 aromatic carbocycles. The molecular weight excluding hydrogens is 422 g/mol. The zero-order valence-electron chi connectivity index (χ0n) is 19.7. The fourth-order valence-corrected chi connectivity index (χ4v) is 2.98. The molecule has 0 aliphatic carbocycles. The van der Waals surface area contributed by atoms with Gasteiger partial charge in [-0.15, -0.1) is 0 Å². The second-order valence-electron chi connectivity index (χ2n) is 8.48. The van der Waals surface area contributed by atoms with E-state index in [-0.39, 0.29) is 6.61 Å². The summed E-state index contributed by atoms with van der Waals surface area (Å²) in [7, 11) is 0. The second kappa shape index (κ2) is 13.6. The molecule has 0 atom stereocenters. The summed E-state index contributed by atoms with van der Waals surface area (Å²) in [5.41, 5.74) is 2.58. The molecular formula is C26H35NO6. The van der Waals surface area contributed by atoms with Crippen LogP contribution in [0.4, 0.5) is 4.79 Å². The van der Waals surface area contributed by atoms with Gasteiger partial charge >= 0.3 is 6.09 Å². The third-order valence-corrected chi connectivity index (χ3v) is 4.81. The van der Waals surface area contributed by atoms with Gasteiger partial charge < -0.3 is 24.4 Å². The minimum atomic E-state index is -0.921. The smallest absolute Gasteiger partial charge is 0.408 e. The molecule has 0 aliphatic heterocycles. The minimum Gasteiger partial charge on any atom is -0.491 e. The maximum atomic E-state index is 11.5. The van der Waals surface area contributed by atoms with Crippen molar-refractivity contribution in [1.82, 2.24) is 4.90 Å². The molecule has 0 fully saturated rings. The van der Waals surface area contributed by atoms with Crippen molar-refractivity contribution in [2.75, 3.05) is 39.6 Å². The number of amides is 1. The number of aliphatic hydroxyl groups is 1. The molecule has 0 aromatic heterocycles. The minimum absolute atomic E-state index is 0.0195. The molecule has 7 heteroatoms. The molecule has 0 saturated heterocycles. The third kappa shape index (κ3) is 10.1. The first-order chi connectivity index (χ1) is 15.8. The normalized spacial score (nSPS) is 11.6. The van der Waals surface area contributed by atoms with Crippen LogP contribution < -0.4 is 4.74 Å². The molecule has 7 nitrogen and oxygen atoms in total. The van der Waals surface area contributed by atoms with E-state index in [0.29, 0.717) is 39.6 Å². The van der Waals surface area contributed by atoms with E-state index in [1.54, 1.807) is 0 Å². The van der Waals surface area contributed by atoms with E-state index in [2.05, 4.69) is 0 Å². The van der Waals surface area contributed by atoms with Gasteiger partial charge in [0, 0.05) is 12.1 Å². The largest absolute Gasteiger partial charge is 0.491 e. The van der Waals surface area contributed by atoms with Crippen molar-refractivity contribution in [1.29, 1.82) is 0 Å². The monoisotopic (exact) mass is 457 g/mol. The second-order valence-corrected chi connectivity index (χ2v) is 8.48.